The van der Waals surface area contributed by atoms with Crippen molar-refractivity contribution in [2.24, 2.45) is 0 Å². The van der Waals surface area contributed by atoms with Crippen molar-refractivity contribution in [3.05, 3.63) is 35.9 Å². The van der Waals surface area contributed by atoms with Gasteiger partial charge in [-0.3, -0.25) is 0 Å². The molecule has 4 heteroatoms. The topological polar surface area (TPSA) is 55.8 Å². The molecule has 1 N–H and O–H groups in total. The van der Waals surface area contributed by atoms with Crippen LogP contribution in [0.4, 0.5) is 0 Å². The summed E-state index contributed by atoms with van der Waals surface area (Å²) in [6, 6.07) is 8.78. The van der Waals surface area contributed by atoms with Crippen molar-refractivity contribution in [2.45, 2.75) is 0 Å². The molecule has 0 aliphatic rings. The summed E-state index contributed by atoms with van der Waals surface area (Å²) in [7, 11) is 3.00. The van der Waals surface area contributed by atoms with Crippen molar-refractivity contribution in [1.29, 1.82) is 0 Å². The van der Waals surface area contributed by atoms with Gasteiger partial charge in [0.15, 0.2) is 0 Å². The summed E-state index contributed by atoms with van der Waals surface area (Å²) in [5.74, 6) is -0.0489. The molecule has 0 aliphatic heterocycles. The van der Waals surface area contributed by atoms with Gasteiger partial charge in [-0.15, -0.1) is 0 Å². The van der Waals surface area contributed by atoms with E-state index in [4.69, 9.17) is 9.47 Å². The first-order valence-electron chi connectivity index (χ1n) is 5.05. The molecule has 0 aromatic heterocycles. The van der Waals surface area contributed by atoms with Crippen LogP contribution in [0.1, 0.15) is 10.4 Å². The van der Waals surface area contributed by atoms with E-state index in [2.05, 4.69) is 0 Å². The Morgan fingerprint density at radius 3 is 2.41 bits per heavy atom. The molecular formula is C13H12O4. The number of carbonyl (C=O) groups is 1. The number of carboxylic acids is 1. The van der Waals surface area contributed by atoms with Crippen LogP contribution in [0.3, 0.4) is 0 Å². The number of fused-ring (bicyclic) bond motifs is 1. The first-order valence-corrected chi connectivity index (χ1v) is 5.05. The van der Waals surface area contributed by atoms with E-state index in [0.29, 0.717) is 16.9 Å². The predicted octanol–water partition coefficient (Wildman–Crippen LogP) is 2.56. The van der Waals surface area contributed by atoms with Gasteiger partial charge in [-0.2, -0.15) is 0 Å². The highest BCUT2D eigenvalue weighted by Gasteiger charge is 2.15. The van der Waals surface area contributed by atoms with Crippen LogP contribution in [0.5, 0.6) is 11.5 Å². The minimum atomic E-state index is -1.01. The number of ether oxygens (including phenoxy) is 2. The third kappa shape index (κ3) is 1.89. The highest BCUT2D eigenvalue weighted by atomic mass is 16.5. The molecule has 4 nitrogen and oxygen atoms in total. The van der Waals surface area contributed by atoms with Gasteiger partial charge in [0.1, 0.15) is 17.1 Å². The number of aromatic carboxylic acids is 1. The molecule has 2 aromatic carbocycles. The summed E-state index contributed by atoms with van der Waals surface area (Å²) in [6.45, 7) is 0. The van der Waals surface area contributed by atoms with Gasteiger partial charge in [0, 0.05) is 5.39 Å². The van der Waals surface area contributed by atoms with E-state index in [1.165, 1.54) is 7.11 Å². The standard InChI is InChI=1S/C13H12O4/c1-16-9-5-3-8-4-6-11(17-2)12(13(14)15)10(8)7-9/h3-7H,1-2H3,(H,14,15). The Hall–Kier alpha value is -2.23. The van der Waals surface area contributed by atoms with Gasteiger partial charge in [0.2, 0.25) is 0 Å². The van der Waals surface area contributed by atoms with E-state index in [9.17, 15) is 9.90 Å². The van der Waals surface area contributed by atoms with Crippen LogP contribution in [0.25, 0.3) is 10.8 Å². The highest BCUT2D eigenvalue weighted by molar-refractivity contribution is 6.06. The first-order chi connectivity index (χ1) is 8.17. The molecule has 0 bridgehead atoms. The lowest BCUT2D eigenvalue weighted by molar-refractivity contribution is 0.0695. The van der Waals surface area contributed by atoms with Crippen LogP contribution >= 0.6 is 0 Å². The fourth-order valence-corrected chi connectivity index (χ4v) is 1.80. The van der Waals surface area contributed by atoms with E-state index >= 15 is 0 Å². The van der Waals surface area contributed by atoms with Gasteiger partial charge in [-0.1, -0.05) is 12.1 Å². The molecule has 2 aromatic rings. The van der Waals surface area contributed by atoms with Crippen molar-refractivity contribution < 1.29 is 19.4 Å². The lowest BCUT2D eigenvalue weighted by atomic mass is 10.0. The van der Waals surface area contributed by atoms with Gasteiger partial charge >= 0.3 is 5.97 Å². The Labute approximate surface area is 98.4 Å². The number of hydrogen-bond acceptors (Lipinski definition) is 3. The maximum Gasteiger partial charge on any atom is 0.340 e. The van der Waals surface area contributed by atoms with E-state index in [-0.39, 0.29) is 5.56 Å². The molecule has 0 unspecified atom stereocenters. The predicted molar refractivity (Wildman–Crippen MR) is 64.0 cm³/mol. The average molecular weight is 232 g/mol. The Morgan fingerprint density at radius 1 is 1.12 bits per heavy atom. The lowest BCUT2D eigenvalue weighted by Gasteiger charge is -2.09. The fourth-order valence-electron chi connectivity index (χ4n) is 1.80. The van der Waals surface area contributed by atoms with E-state index in [1.54, 1.807) is 25.3 Å². The molecule has 0 atom stereocenters. The summed E-state index contributed by atoms with van der Waals surface area (Å²) in [4.78, 5) is 11.3. The normalized spacial score (nSPS) is 10.2. The Bertz CT molecular complexity index is 570. The first kappa shape index (κ1) is 11.3. The van der Waals surface area contributed by atoms with Gasteiger partial charge < -0.3 is 14.6 Å². The highest BCUT2D eigenvalue weighted by Crippen LogP contribution is 2.30. The zero-order valence-corrected chi connectivity index (χ0v) is 9.56. The second-order valence-corrected chi connectivity index (χ2v) is 3.54. The van der Waals surface area contributed by atoms with Gasteiger partial charge in [0.05, 0.1) is 14.2 Å². The molecule has 0 fully saturated rings. The Balaban J connectivity index is 2.81. The molecule has 88 valence electrons. The number of carboxylic acid groups (broad SMARTS) is 1. The maximum atomic E-state index is 11.3. The average Bonchev–Trinajstić information content (AvgIpc) is 2.36. The molecule has 0 heterocycles. The molecule has 0 aliphatic carbocycles. The lowest BCUT2D eigenvalue weighted by Crippen LogP contribution is -2.01. The Morgan fingerprint density at radius 2 is 1.82 bits per heavy atom. The van der Waals surface area contributed by atoms with Crippen molar-refractivity contribution >= 4 is 16.7 Å². The second kappa shape index (κ2) is 4.33. The largest absolute Gasteiger partial charge is 0.497 e. The third-order valence-electron chi connectivity index (χ3n) is 2.62. The molecule has 2 rings (SSSR count). The summed E-state index contributed by atoms with van der Waals surface area (Å²) < 4.78 is 10.2. The smallest absolute Gasteiger partial charge is 0.340 e. The van der Waals surface area contributed by atoms with Crippen LogP contribution < -0.4 is 9.47 Å². The van der Waals surface area contributed by atoms with E-state index in [0.717, 1.165) is 5.39 Å². The van der Waals surface area contributed by atoms with Crippen LogP contribution in [-0.4, -0.2) is 25.3 Å². The molecule has 0 saturated heterocycles. The summed E-state index contributed by atoms with van der Waals surface area (Å²) in [6.07, 6.45) is 0. The summed E-state index contributed by atoms with van der Waals surface area (Å²) in [5.41, 5.74) is 0.156. The molecule has 0 spiro atoms. The molecular weight excluding hydrogens is 220 g/mol. The van der Waals surface area contributed by atoms with Crippen LogP contribution in [0.2, 0.25) is 0 Å². The molecule has 0 saturated carbocycles. The third-order valence-corrected chi connectivity index (χ3v) is 2.62. The van der Waals surface area contributed by atoms with E-state index < -0.39 is 5.97 Å². The van der Waals surface area contributed by atoms with Gasteiger partial charge in [-0.25, -0.2) is 4.79 Å². The van der Waals surface area contributed by atoms with Crippen molar-refractivity contribution in [1.82, 2.24) is 0 Å². The zero-order valence-electron chi connectivity index (χ0n) is 9.56. The quantitative estimate of drug-likeness (QED) is 0.883. The fraction of sp³-hybridized carbons (Fsp3) is 0.154. The van der Waals surface area contributed by atoms with Crippen molar-refractivity contribution in [3.8, 4) is 11.5 Å². The van der Waals surface area contributed by atoms with Crippen LogP contribution in [0.15, 0.2) is 30.3 Å². The molecule has 0 radical (unpaired) electrons. The Kier molecular flexibility index (Phi) is 2.87. The monoisotopic (exact) mass is 232 g/mol. The minimum Gasteiger partial charge on any atom is -0.497 e. The summed E-state index contributed by atoms with van der Waals surface area (Å²) >= 11 is 0. The van der Waals surface area contributed by atoms with Crippen LogP contribution in [-0.2, 0) is 0 Å². The van der Waals surface area contributed by atoms with Gasteiger partial charge in [-0.05, 0) is 23.6 Å². The number of benzene rings is 2. The van der Waals surface area contributed by atoms with Crippen molar-refractivity contribution in [2.75, 3.05) is 14.2 Å². The number of methoxy groups -OCH3 is 2. The molecule has 0 amide bonds. The van der Waals surface area contributed by atoms with Crippen LogP contribution in [0, 0.1) is 0 Å². The van der Waals surface area contributed by atoms with Crippen molar-refractivity contribution in [3.63, 3.8) is 0 Å². The number of rotatable bonds is 3. The SMILES string of the molecule is COc1ccc2ccc(OC)c(C(=O)O)c2c1. The summed E-state index contributed by atoms with van der Waals surface area (Å²) in [5, 5.41) is 10.7. The van der Waals surface area contributed by atoms with E-state index in [1.807, 2.05) is 12.1 Å². The zero-order chi connectivity index (χ0) is 12.4. The molecule has 17 heavy (non-hydrogen) atoms. The number of hydrogen-bond donors (Lipinski definition) is 1. The minimum absolute atomic E-state index is 0.156. The second-order valence-electron chi connectivity index (χ2n) is 3.54. The van der Waals surface area contributed by atoms with Gasteiger partial charge in [0.25, 0.3) is 0 Å². The maximum absolute atomic E-state index is 11.3.